The minimum absolute atomic E-state index is 0.147. The maximum atomic E-state index is 12.7. The van der Waals surface area contributed by atoms with E-state index in [2.05, 4.69) is 10.3 Å². The van der Waals surface area contributed by atoms with Crippen molar-refractivity contribution in [2.75, 3.05) is 16.8 Å². The Morgan fingerprint density at radius 2 is 1.86 bits per heavy atom. The minimum atomic E-state index is -4.34. The van der Waals surface area contributed by atoms with Gasteiger partial charge in [-0.2, -0.15) is 13.2 Å². The van der Waals surface area contributed by atoms with Gasteiger partial charge in [0.2, 0.25) is 5.91 Å². The van der Waals surface area contributed by atoms with Gasteiger partial charge in [-0.25, -0.2) is 4.98 Å². The van der Waals surface area contributed by atoms with Gasteiger partial charge in [0.15, 0.2) is 5.82 Å². The van der Waals surface area contributed by atoms with Crippen molar-refractivity contribution in [1.82, 2.24) is 4.98 Å². The monoisotopic (exact) mass is 425 g/mol. The van der Waals surface area contributed by atoms with E-state index < -0.39 is 11.7 Å². The standard InChI is InChI=1S/C21H23ClF3N3O/c1-20(2,3)11-18(29)27-19-15(22)10-17-16(26-19)8-9-28(17)12-13-4-6-14(7-5-13)21(23,24)25/h4-7,10H,8-9,11-12H2,1-3H3,(H,26,27,29). The Bertz CT molecular complexity index is 905. The summed E-state index contributed by atoms with van der Waals surface area (Å²) in [6.45, 7) is 7.06. The van der Waals surface area contributed by atoms with Crippen molar-refractivity contribution in [3.63, 3.8) is 0 Å². The van der Waals surface area contributed by atoms with E-state index in [-0.39, 0.29) is 11.3 Å². The molecule has 29 heavy (non-hydrogen) atoms. The first-order valence-electron chi connectivity index (χ1n) is 9.33. The van der Waals surface area contributed by atoms with Gasteiger partial charge in [-0.3, -0.25) is 4.79 Å². The molecule has 1 aliphatic heterocycles. The molecule has 0 aliphatic carbocycles. The lowest BCUT2D eigenvalue weighted by molar-refractivity contribution is -0.137. The van der Waals surface area contributed by atoms with Gasteiger partial charge in [0.25, 0.3) is 0 Å². The molecule has 1 aromatic carbocycles. The molecule has 0 fully saturated rings. The van der Waals surface area contributed by atoms with E-state index in [1.54, 1.807) is 6.07 Å². The molecular weight excluding hydrogens is 403 g/mol. The summed E-state index contributed by atoms with van der Waals surface area (Å²) in [6.07, 6.45) is -3.32. The van der Waals surface area contributed by atoms with E-state index in [1.807, 2.05) is 25.7 Å². The predicted octanol–water partition coefficient (Wildman–Crippen LogP) is 5.69. The number of fused-ring (bicyclic) bond motifs is 1. The molecule has 0 radical (unpaired) electrons. The molecule has 8 heteroatoms. The fraction of sp³-hybridized carbons (Fsp3) is 0.429. The third-order valence-corrected chi connectivity index (χ3v) is 4.88. The van der Waals surface area contributed by atoms with Crippen LogP contribution in [0, 0.1) is 5.41 Å². The van der Waals surface area contributed by atoms with Crippen LogP contribution in [0.2, 0.25) is 5.02 Å². The molecular formula is C21H23ClF3N3O. The Morgan fingerprint density at radius 3 is 2.45 bits per heavy atom. The number of benzene rings is 1. The number of rotatable bonds is 4. The summed E-state index contributed by atoms with van der Waals surface area (Å²) in [5, 5.41) is 3.11. The van der Waals surface area contributed by atoms with Gasteiger partial charge in [0.05, 0.1) is 22.0 Å². The van der Waals surface area contributed by atoms with Crippen molar-refractivity contribution in [3.05, 3.63) is 52.2 Å². The lowest BCUT2D eigenvalue weighted by Gasteiger charge is -2.21. The highest BCUT2D eigenvalue weighted by atomic mass is 35.5. The Balaban J connectivity index is 1.73. The second-order valence-electron chi connectivity index (χ2n) is 8.44. The number of anilines is 2. The van der Waals surface area contributed by atoms with Crippen molar-refractivity contribution in [1.29, 1.82) is 0 Å². The zero-order valence-electron chi connectivity index (χ0n) is 16.5. The molecule has 0 bridgehead atoms. The molecule has 1 aliphatic rings. The number of aromatic nitrogens is 1. The summed E-state index contributed by atoms with van der Waals surface area (Å²) in [5.41, 5.74) is 1.61. The van der Waals surface area contributed by atoms with E-state index in [1.165, 1.54) is 12.1 Å². The topological polar surface area (TPSA) is 45.2 Å². The fourth-order valence-corrected chi connectivity index (χ4v) is 3.46. The number of carbonyl (C=O) groups excluding carboxylic acids is 1. The lowest BCUT2D eigenvalue weighted by Crippen LogP contribution is -2.21. The van der Waals surface area contributed by atoms with Crippen LogP contribution in [0.5, 0.6) is 0 Å². The van der Waals surface area contributed by atoms with Crippen LogP contribution in [0.4, 0.5) is 24.7 Å². The SMILES string of the molecule is CC(C)(C)CC(=O)Nc1nc2c(cc1Cl)N(Cc1ccc(C(F)(F)F)cc1)CC2. The van der Waals surface area contributed by atoms with Gasteiger partial charge in [-0.1, -0.05) is 44.5 Å². The van der Waals surface area contributed by atoms with Crippen molar-refractivity contribution >= 4 is 29.0 Å². The summed E-state index contributed by atoms with van der Waals surface area (Å²) in [7, 11) is 0. The second kappa shape index (κ2) is 7.86. The number of hydrogen-bond acceptors (Lipinski definition) is 3. The first-order valence-corrected chi connectivity index (χ1v) is 9.70. The summed E-state index contributed by atoms with van der Waals surface area (Å²) in [6, 6.07) is 6.90. The Hall–Kier alpha value is -2.28. The first-order chi connectivity index (χ1) is 13.4. The molecule has 0 spiro atoms. The summed E-state index contributed by atoms with van der Waals surface area (Å²) in [5.74, 6) is 0.197. The third kappa shape index (κ3) is 5.41. The normalized spacial score (nSPS) is 14.1. The van der Waals surface area contributed by atoms with Gasteiger partial charge < -0.3 is 10.2 Å². The maximum Gasteiger partial charge on any atom is 0.416 e. The molecule has 2 aromatic rings. The van der Waals surface area contributed by atoms with Crippen molar-refractivity contribution in [2.24, 2.45) is 5.41 Å². The number of halogens is 4. The molecule has 1 amide bonds. The second-order valence-corrected chi connectivity index (χ2v) is 8.84. The van der Waals surface area contributed by atoms with Crippen LogP contribution in [-0.4, -0.2) is 17.4 Å². The average Bonchev–Trinajstić information content (AvgIpc) is 2.95. The van der Waals surface area contributed by atoms with Gasteiger partial charge in [-0.05, 0) is 29.2 Å². The Labute approximate surface area is 173 Å². The number of pyridine rings is 1. The largest absolute Gasteiger partial charge is 0.416 e. The zero-order valence-corrected chi connectivity index (χ0v) is 17.3. The Morgan fingerprint density at radius 1 is 1.21 bits per heavy atom. The highest BCUT2D eigenvalue weighted by Crippen LogP contribution is 2.35. The molecule has 3 rings (SSSR count). The predicted molar refractivity (Wildman–Crippen MR) is 108 cm³/mol. The van der Waals surface area contributed by atoms with Gasteiger partial charge >= 0.3 is 6.18 Å². The fourth-order valence-electron chi connectivity index (χ4n) is 3.27. The molecule has 1 N–H and O–H groups in total. The Kier molecular flexibility index (Phi) is 5.81. The summed E-state index contributed by atoms with van der Waals surface area (Å²) >= 11 is 6.33. The zero-order chi connectivity index (χ0) is 21.4. The van der Waals surface area contributed by atoms with E-state index in [0.717, 1.165) is 29.1 Å². The van der Waals surface area contributed by atoms with Crippen LogP contribution in [0.15, 0.2) is 30.3 Å². The van der Waals surface area contributed by atoms with Crippen molar-refractivity contribution in [2.45, 2.75) is 46.3 Å². The van der Waals surface area contributed by atoms with Crippen LogP contribution in [0.1, 0.15) is 44.0 Å². The maximum absolute atomic E-state index is 12.7. The molecule has 0 unspecified atom stereocenters. The number of amides is 1. The lowest BCUT2D eigenvalue weighted by atomic mass is 9.92. The van der Waals surface area contributed by atoms with Crippen LogP contribution in [0.25, 0.3) is 0 Å². The van der Waals surface area contributed by atoms with Crippen LogP contribution in [-0.2, 0) is 23.9 Å². The van der Waals surface area contributed by atoms with Gasteiger partial charge in [-0.15, -0.1) is 0 Å². The minimum Gasteiger partial charge on any atom is -0.365 e. The molecule has 0 saturated carbocycles. The molecule has 156 valence electrons. The third-order valence-electron chi connectivity index (χ3n) is 4.59. The van der Waals surface area contributed by atoms with Crippen LogP contribution >= 0.6 is 11.6 Å². The molecule has 0 saturated heterocycles. The number of nitrogens with zero attached hydrogens (tertiary/aromatic N) is 2. The number of alkyl halides is 3. The van der Waals surface area contributed by atoms with E-state index in [9.17, 15) is 18.0 Å². The molecule has 0 atom stereocenters. The van der Waals surface area contributed by atoms with Gasteiger partial charge in [0.1, 0.15) is 0 Å². The number of nitrogens with one attached hydrogen (secondary N) is 1. The highest BCUT2D eigenvalue weighted by molar-refractivity contribution is 6.33. The smallest absolute Gasteiger partial charge is 0.365 e. The number of hydrogen-bond donors (Lipinski definition) is 1. The van der Waals surface area contributed by atoms with Gasteiger partial charge in [0, 0.05) is 25.9 Å². The summed E-state index contributed by atoms with van der Waals surface area (Å²) in [4.78, 5) is 18.7. The highest BCUT2D eigenvalue weighted by Gasteiger charge is 2.30. The first kappa shape index (κ1) is 21.4. The van der Waals surface area contributed by atoms with E-state index >= 15 is 0 Å². The van der Waals surface area contributed by atoms with Crippen LogP contribution < -0.4 is 10.2 Å². The van der Waals surface area contributed by atoms with Crippen molar-refractivity contribution < 1.29 is 18.0 Å². The molecule has 2 heterocycles. The average molecular weight is 426 g/mol. The van der Waals surface area contributed by atoms with Crippen LogP contribution in [0.3, 0.4) is 0 Å². The van der Waals surface area contributed by atoms with Crippen molar-refractivity contribution in [3.8, 4) is 0 Å². The molecule has 1 aromatic heterocycles. The summed E-state index contributed by atoms with van der Waals surface area (Å²) < 4.78 is 38.2. The number of carbonyl (C=O) groups is 1. The van der Waals surface area contributed by atoms with E-state index in [0.29, 0.717) is 36.8 Å². The van der Waals surface area contributed by atoms with E-state index in [4.69, 9.17) is 11.6 Å². The quantitative estimate of drug-likeness (QED) is 0.684. The molecule has 4 nitrogen and oxygen atoms in total.